The third-order valence-corrected chi connectivity index (χ3v) is 3.91. The van der Waals surface area contributed by atoms with Crippen LogP contribution < -0.4 is 5.43 Å². The molecule has 1 aromatic heterocycles. The number of hydrogen-bond acceptors (Lipinski definition) is 4. The van der Waals surface area contributed by atoms with Crippen LogP contribution in [0, 0.1) is 6.92 Å². The van der Waals surface area contributed by atoms with Gasteiger partial charge in [0.2, 0.25) is 0 Å². The summed E-state index contributed by atoms with van der Waals surface area (Å²) in [5, 5.41) is 4.11. The van der Waals surface area contributed by atoms with E-state index < -0.39 is 0 Å². The number of nitrogens with zero attached hydrogens (tertiary/aromatic N) is 2. The minimum Gasteiger partial charge on any atom is -0.262 e. The molecule has 2 rings (SSSR count). The lowest BCUT2D eigenvalue weighted by atomic mass is 10.0. The van der Waals surface area contributed by atoms with Crippen LogP contribution in [0.3, 0.4) is 0 Å². The van der Waals surface area contributed by atoms with E-state index in [-0.39, 0.29) is 0 Å². The zero-order valence-electron chi connectivity index (χ0n) is 11.3. The van der Waals surface area contributed by atoms with Crippen molar-refractivity contribution >= 4 is 34.5 Å². The Labute approximate surface area is 128 Å². The van der Waals surface area contributed by atoms with Gasteiger partial charge in [-0.2, -0.15) is 5.10 Å². The van der Waals surface area contributed by atoms with Crippen molar-refractivity contribution in [3.63, 3.8) is 0 Å². The van der Waals surface area contributed by atoms with Gasteiger partial charge in [0, 0.05) is 6.20 Å². The van der Waals surface area contributed by atoms with Crippen molar-refractivity contribution < 1.29 is 0 Å². The molecule has 2 aromatic rings. The maximum Gasteiger partial charge on any atom is 0.153 e. The van der Waals surface area contributed by atoms with Gasteiger partial charge in [-0.05, 0) is 35.9 Å². The van der Waals surface area contributed by atoms with Crippen LogP contribution in [0.2, 0.25) is 0 Å². The van der Waals surface area contributed by atoms with Gasteiger partial charge in [-0.25, -0.2) is 0 Å². The van der Waals surface area contributed by atoms with Gasteiger partial charge in [0.15, 0.2) is 4.32 Å². The van der Waals surface area contributed by atoms with Gasteiger partial charge in [0.25, 0.3) is 0 Å². The van der Waals surface area contributed by atoms with Crippen molar-refractivity contribution in [3.05, 3.63) is 53.9 Å². The summed E-state index contributed by atoms with van der Waals surface area (Å²) in [6, 6.07) is 12.3. The maximum absolute atomic E-state index is 5.02. The Balaban J connectivity index is 2.26. The third kappa shape index (κ3) is 3.65. The summed E-state index contributed by atoms with van der Waals surface area (Å²) in [5.74, 6) is 0. The summed E-state index contributed by atoms with van der Waals surface area (Å²) in [7, 11) is 0. The lowest BCUT2D eigenvalue weighted by Gasteiger charge is -2.07. The molecule has 0 bridgehead atoms. The van der Waals surface area contributed by atoms with Crippen LogP contribution in [-0.2, 0) is 0 Å². The van der Waals surface area contributed by atoms with Gasteiger partial charge in [0.1, 0.15) is 0 Å². The molecule has 0 spiro atoms. The van der Waals surface area contributed by atoms with E-state index in [0.717, 1.165) is 16.8 Å². The number of nitrogens with one attached hydrogen (secondary N) is 1. The molecule has 1 N–H and O–H groups in total. The van der Waals surface area contributed by atoms with E-state index in [1.807, 2.05) is 37.4 Å². The molecule has 0 aliphatic heterocycles. The van der Waals surface area contributed by atoms with E-state index in [9.17, 15) is 0 Å². The Kier molecular flexibility index (Phi) is 5.26. The van der Waals surface area contributed by atoms with Gasteiger partial charge in [-0.1, -0.05) is 54.3 Å². The Morgan fingerprint density at radius 2 is 2.05 bits per heavy atom. The summed E-state index contributed by atoms with van der Waals surface area (Å²) in [6.45, 7) is 2.05. The number of rotatable bonds is 3. The fourth-order valence-corrected chi connectivity index (χ4v) is 2.00. The summed E-state index contributed by atoms with van der Waals surface area (Å²) in [4.78, 5) is 4.35. The highest BCUT2D eigenvalue weighted by atomic mass is 32.2. The predicted octanol–water partition coefficient (Wildman–Crippen LogP) is 3.63. The molecule has 5 heteroatoms. The van der Waals surface area contributed by atoms with Gasteiger partial charge in [-0.15, -0.1) is 0 Å². The number of hydrazone groups is 1. The Bertz CT molecular complexity index is 624. The van der Waals surface area contributed by atoms with E-state index in [1.165, 1.54) is 17.3 Å². The summed E-state index contributed by atoms with van der Waals surface area (Å²) in [5.41, 5.74) is 7.06. The molecule has 3 nitrogen and oxygen atoms in total. The van der Waals surface area contributed by atoms with E-state index in [4.69, 9.17) is 12.2 Å². The standard InChI is InChI=1S/C15H15N3S2/c1-11-13(12-6-4-3-5-7-12)8-9-16-14(11)10-17-18-15(19)20-2/h3-10H,1-2H3,(H,18,19). The highest BCUT2D eigenvalue weighted by molar-refractivity contribution is 8.22. The quantitative estimate of drug-likeness (QED) is 0.534. The zero-order chi connectivity index (χ0) is 14.4. The van der Waals surface area contributed by atoms with Crippen molar-refractivity contribution in [1.82, 2.24) is 10.4 Å². The lowest BCUT2D eigenvalue weighted by Crippen LogP contribution is -2.10. The summed E-state index contributed by atoms with van der Waals surface area (Å²) in [6.07, 6.45) is 5.40. The van der Waals surface area contributed by atoms with Crippen molar-refractivity contribution in [2.75, 3.05) is 6.26 Å². The molecule has 0 unspecified atom stereocenters. The molecule has 0 atom stereocenters. The smallest absolute Gasteiger partial charge is 0.153 e. The molecule has 0 aliphatic rings. The molecular weight excluding hydrogens is 286 g/mol. The van der Waals surface area contributed by atoms with Crippen molar-refractivity contribution in [2.45, 2.75) is 6.92 Å². The molecule has 0 saturated heterocycles. The van der Waals surface area contributed by atoms with E-state index >= 15 is 0 Å². The van der Waals surface area contributed by atoms with Gasteiger partial charge >= 0.3 is 0 Å². The summed E-state index contributed by atoms with van der Waals surface area (Å²) < 4.78 is 0.637. The Morgan fingerprint density at radius 3 is 2.75 bits per heavy atom. The molecule has 0 fully saturated rings. The number of benzene rings is 1. The van der Waals surface area contributed by atoms with Crippen LogP contribution in [0.15, 0.2) is 47.7 Å². The number of thiocarbonyl (C=S) groups is 1. The molecule has 0 aliphatic carbocycles. The largest absolute Gasteiger partial charge is 0.262 e. The van der Waals surface area contributed by atoms with Crippen molar-refractivity contribution in [3.8, 4) is 11.1 Å². The van der Waals surface area contributed by atoms with Crippen LogP contribution in [0.1, 0.15) is 11.3 Å². The fourth-order valence-electron chi connectivity index (χ4n) is 1.80. The molecule has 1 aromatic carbocycles. The molecular formula is C15H15N3S2. The van der Waals surface area contributed by atoms with Crippen molar-refractivity contribution in [2.24, 2.45) is 5.10 Å². The van der Waals surface area contributed by atoms with Crippen LogP contribution in [0.4, 0.5) is 0 Å². The predicted molar refractivity (Wildman–Crippen MR) is 91.3 cm³/mol. The minimum atomic E-state index is 0.637. The third-order valence-electron chi connectivity index (χ3n) is 2.86. The molecule has 20 heavy (non-hydrogen) atoms. The molecule has 0 radical (unpaired) electrons. The number of pyridine rings is 1. The molecule has 1 heterocycles. The lowest BCUT2D eigenvalue weighted by molar-refractivity contribution is 1.07. The first-order valence-electron chi connectivity index (χ1n) is 6.10. The van der Waals surface area contributed by atoms with Crippen LogP contribution in [-0.4, -0.2) is 21.8 Å². The highest BCUT2D eigenvalue weighted by Gasteiger charge is 2.05. The van der Waals surface area contributed by atoms with Crippen LogP contribution in [0.25, 0.3) is 11.1 Å². The highest BCUT2D eigenvalue weighted by Crippen LogP contribution is 2.23. The SMILES string of the molecule is CSC(=S)NN=Cc1nccc(-c2ccccc2)c1C. The summed E-state index contributed by atoms with van der Waals surface area (Å²) >= 11 is 6.47. The molecule has 102 valence electrons. The van der Waals surface area contributed by atoms with E-state index in [2.05, 4.69) is 27.6 Å². The van der Waals surface area contributed by atoms with E-state index in [0.29, 0.717) is 4.32 Å². The van der Waals surface area contributed by atoms with E-state index in [1.54, 1.807) is 12.4 Å². The average Bonchev–Trinajstić information content (AvgIpc) is 2.49. The monoisotopic (exact) mass is 301 g/mol. The Morgan fingerprint density at radius 1 is 1.30 bits per heavy atom. The first-order valence-corrected chi connectivity index (χ1v) is 7.73. The normalized spacial score (nSPS) is 10.7. The molecule has 0 saturated carbocycles. The zero-order valence-corrected chi connectivity index (χ0v) is 13.0. The minimum absolute atomic E-state index is 0.637. The number of hydrogen-bond donors (Lipinski definition) is 1. The Hall–Kier alpha value is -1.72. The van der Waals surface area contributed by atoms with Crippen molar-refractivity contribution in [1.29, 1.82) is 0 Å². The first kappa shape index (κ1) is 14.7. The topological polar surface area (TPSA) is 37.3 Å². The van der Waals surface area contributed by atoms with Crippen LogP contribution >= 0.6 is 24.0 Å². The van der Waals surface area contributed by atoms with Gasteiger partial charge in [-0.3, -0.25) is 10.4 Å². The molecule has 0 amide bonds. The number of thioether (sulfide) groups is 1. The maximum atomic E-state index is 5.02. The fraction of sp³-hybridized carbons (Fsp3) is 0.133. The first-order chi connectivity index (χ1) is 9.72. The van der Waals surface area contributed by atoms with Gasteiger partial charge in [0.05, 0.1) is 11.9 Å². The number of aromatic nitrogens is 1. The second-order valence-electron chi connectivity index (χ2n) is 4.10. The second-order valence-corrected chi connectivity index (χ2v) is 5.58. The average molecular weight is 301 g/mol. The second kappa shape index (κ2) is 7.17. The van der Waals surface area contributed by atoms with Crippen LogP contribution in [0.5, 0.6) is 0 Å². The van der Waals surface area contributed by atoms with Gasteiger partial charge < -0.3 is 0 Å².